The fourth-order valence-corrected chi connectivity index (χ4v) is 3.24. The number of rotatable bonds is 3. The minimum absolute atomic E-state index is 0.0213. The third kappa shape index (κ3) is 3.49. The predicted molar refractivity (Wildman–Crippen MR) is 75.6 cm³/mol. The van der Waals surface area contributed by atoms with Crippen molar-refractivity contribution < 1.29 is 5.11 Å². The first-order chi connectivity index (χ1) is 8.19. The highest BCUT2D eigenvalue weighted by atomic mass is 79.9. The number of hydrogen-bond donors (Lipinski definition) is 1. The van der Waals surface area contributed by atoms with Gasteiger partial charge in [0.15, 0.2) is 0 Å². The summed E-state index contributed by atoms with van der Waals surface area (Å²) in [5, 5.41) is 9.96. The van der Waals surface area contributed by atoms with E-state index < -0.39 is 0 Å². The van der Waals surface area contributed by atoms with Gasteiger partial charge in [-0.25, -0.2) is 0 Å². The van der Waals surface area contributed by atoms with E-state index in [1.807, 2.05) is 36.4 Å². The third-order valence-corrected chi connectivity index (χ3v) is 4.04. The van der Waals surface area contributed by atoms with Crippen molar-refractivity contribution in [3.8, 4) is 0 Å². The van der Waals surface area contributed by atoms with E-state index in [9.17, 15) is 5.11 Å². The van der Waals surface area contributed by atoms with Crippen LogP contribution in [-0.4, -0.2) is 5.11 Å². The summed E-state index contributed by atoms with van der Waals surface area (Å²) in [5.41, 5.74) is 0.888. The van der Waals surface area contributed by atoms with Gasteiger partial charge < -0.3 is 5.11 Å². The van der Waals surface area contributed by atoms with Crippen LogP contribution < -0.4 is 0 Å². The van der Waals surface area contributed by atoms with Gasteiger partial charge in [-0.2, -0.15) is 0 Å². The number of hydrogen-bond acceptors (Lipinski definition) is 2. The zero-order chi connectivity index (χ0) is 12.3. The number of halogens is 2. The maximum absolute atomic E-state index is 9.28. The first-order valence-corrected chi connectivity index (χ1v) is 7.00. The molecule has 2 rings (SSSR count). The Bertz CT molecular complexity index is 531. The van der Waals surface area contributed by atoms with Crippen LogP contribution in [0, 0.1) is 0 Å². The van der Waals surface area contributed by atoms with Gasteiger partial charge in [-0.15, -0.1) is 0 Å². The van der Waals surface area contributed by atoms with E-state index in [1.165, 1.54) is 0 Å². The van der Waals surface area contributed by atoms with E-state index in [0.717, 1.165) is 19.8 Å². The molecule has 2 aromatic carbocycles. The Balaban J connectivity index is 2.32. The highest BCUT2D eigenvalue weighted by Crippen LogP contribution is 2.33. The van der Waals surface area contributed by atoms with E-state index in [4.69, 9.17) is 11.6 Å². The van der Waals surface area contributed by atoms with Crippen LogP contribution in [0.15, 0.2) is 56.7 Å². The van der Waals surface area contributed by atoms with Crippen molar-refractivity contribution in [1.82, 2.24) is 0 Å². The maximum Gasteiger partial charge on any atom is 0.0692 e. The van der Waals surface area contributed by atoms with Gasteiger partial charge in [-0.05, 0) is 35.9 Å². The molecule has 0 unspecified atom stereocenters. The highest BCUT2D eigenvalue weighted by molar-refractivity contribution is 9.10. The van der Waals surface area contributed by atoms with Gasteiger partial charge in [-0.3, -0.25) is 0 Å². The van der Waals surface area contributed by atoms with Gasteiger partial charge in [0, 0.05) is 19.3 Å². The first-order valence-electron chi connectivity index (χ1n) is 5.02. The smallest absolute Gasteiger partial charge is 0.0692 e. The summed E-state index contributed by atoms with van der Waals surface area (Å²) in [6, 6.07) is 13.5. The van der Waals surface area contributed by atoms with E-state index in [-0.39, 0.29) is 6.61 Å². The second-order valence-electron chi connectivity index (χ2n) is 3.47. The number of benzene rings is 2. The average molecular weight is 330 g/mol. The largest absolute Gasteiger partial charge is 0.392 e. The molecule has 0 bridgehead atoms. The summed E-state index contributed by atoms with van der Waals surface area (Å²) in [4.78, 5) is 2.09. The summed E-state index contributed by atoms with van der Waals surface area (Å²) in [5.74, 6) is 0. The summed E-state index contributed by atoms with van der Waals surface area (Å²) in [6.45, 7) is 0.0213. The lowest BCUT2D eigenvalue weighted by Crippen LogP contribution is -1.87. The summed E-state index contributed by atoms with van der Waals surface area (Å²) in [7, 11) is 0. The van der Waals surface area contributed by atoms with Crippen molar-refractivity contribution in [2.75, 3.05) is 0 Å². The van der Waals surface area contributed by atoms with Crippen LogP contribution in [0.4, 0.5) is 0 Å². The Hall–Kier alpha value is -0.480. The molecule has 0 heterocycles. The van der Waals surface area contributed by atoms with Crippen molar-refractivity contribution in [2.24, 2.45) is 0 Å². The van der Waals surface area contributed by atoms with Crippen LogP contribution in [0.2, 0.25) is 5.02 Å². The van der Waals surface area contributed by atoms with Gasteiger partial charge >= 0.3 is 0 Å². The molecule has 0 spiro atoms. The second kappa shape index (κ2) is 5.91. The standard InChI is InChI=1S/C13H10BrClOS/c14-10-2-1-3-12(6-10)17-13-7-11(15)5-4-9(13)8-16/h1-7,16H,8H2. The molecule has 0 radical (unpaired) electrons. The molecule has 4 heteroatoms. The van der Waals surface area contributed by atoms with Crippen LogP contribution in [-0.2, 0) is 6.61 Å². The van der Waals surface area contributed by atoms with Gasteiger partial charge in [0.05, 0.1) is 6.61 Å². The molecule has 0 fully saturated rings. The van der Waals surface area contributed by atoms with Crippen LogP contribution in [0.1, 0.15) is 5.56 Å². The fraction of sp³-hybridized carbons (Fsp3) is 0.0769. The quantitative estimate of drug-likeness (QED) is 0.877. The Morgan fingerprint density at radius 1 is 1.18 bits per heavy atom. The monoisotopic (exact) mass is 328 g/mol. The lowest BCUT2D eigenvalue weighted by molar-refractivity contribution is 0.279. The van der Waals surface area contributed by atoms with Gasteiger partial charge in [-0.1, -0.05) is 51.4 Å². The summed E-state index contributed by atoms with van der Waals surface area (Å²) >= 11 is 11.0. The Morgan fingerprint density at radius 3 is 2.71 bits per heavy atom. The van der Waals surface area contributed by atoms with E-state index in [0.29, 0.717) is 5.02 Å². The molecular formula is C13H10BrClOS. The maximum atomic E-state index is 9.28. The first kappa shape index (κ1) is 13.0. The van der Waals surface area contributed by atoms with Crippen LogP contribution in [0.3, 0.4) is 0 Å². The topological polar surface area (TPSA) is 20.2 Å². The lowest BCUT2D eigenvalue weighted by Gasteiger charge is -2.07. The van der Waals surface area contributed by atoms with E-state index in [1.54, 1.807) is 17.8 Å². The Labute approximate surface area is 118 Å². The molecule has 2 aromatic rings. The molecule has 0 aliphatic carbocycles. The summed E-state index contributed by atoms with van der Waals surface area (Å²) < 4.78 is 1.04. The van der Waals surface area contributed by atoms with E-state index >= 15 is 0 Å². The second-order valence-corrected chi connectivity index (χ2v) is 5.94. The average Bonchev–Trinajstić information content (AvgIpc) is 2.29. The Morgan fingerprint density at radius 2 is 2.00 bits per heavy atom. The minimum Gasteiger partial charge on any atom is -0.392 e. The molecule has 88 valence electrons. The van der Waals surface area contributed by atoms with Crippen molar-refractivity contribution in [2.45, 2.75) is 16.4 Å². The van der Waals surface area contributed by atoms with Crippen molar-refractivity contribution in [1.29, 1.82) is 0 Å². The van der Waals surface area contributed by atoms with E-state index in [2.05, 4.69) is 15.9 Å². The molecule has 17 heavy (non-hydrogen) atoms. The minimum atomic E-state index is 0.0213. The normalized spacial score (nSPS) is 10.5. The lowest BCUT2D eigenvalue weighted by atomic mass is 10.2. The number of aliphatic hydroxyl groups excluding tert-OH is 1. The molecule has 1 N–H and O–H groups in total. The molecule has 1 nitrogen and oxygen atoms in total. The predicted octanol–water partition coefficient (Wildman–Crippen LogP) is 4.75. The van der Waals surface area contributed by atoms with Gasteiger partial charge in [0.25, 0.3) is 0 Å². The van der Waals surface area contributed by atoms with Gasteiger partial charge in [0.1, 0.15) is 0 Å². The molecule has 0 atom stereocenters. The molecule has 0 aliphatic rings. The zero-order valence-corrected chi connectivity index (χ0v) is 12.0. The summed E-state index contributed by atoms with van der Waals surface area (Å²) in [6.07, 6.45) is 0. The molecule has 0 amide bonds. The molecule has 0 saturated carbocycles. The zero-order valence-electron chi connectivity index (χ0n) is 8.86. The highest BCUT2D eigenvalue weighted by Gasteiger charge is 2.05. The van der Waals surface area contributed by atoms with Crippen molar-refractivity contribution >= 4 is 39.3 Å². The third-order valence-electron chi connectivity index (χ3n) is 2.22. The van der Waals surface area contributed by atoms with Crippen molar-refractivity contribution in [3.05, 3.63) is 57.5 Å². The SMILES string of the molecule is OCc1ccc(Cl)cc1Sc1cccc(Br)c1. The van der Waals surface area contributed by atoms with Gasteiger partial charge in [0.2, 0.25) is 0 Å². The molecule has 0 aromatic heterocycles. The molecule has 0 saturated heterocycles. The molecular weight excluding hydrogens is 320 g/mol. The number of aliphatic hydroxyl groups is 1. The van der Waals surface area contributed by atoms with Crippen molar-refractivity contribution in [3.63, 3.8) is 0 Å². The molecule has 0 aliphatic heterocycles. The Kier molecular flexibility index (Phi) is 4.51. The van der Waals surface area contributed by atoms with Crippen LogP contribution in [0.25, 0.3) is 0 Å². The fourth-order valence-electron chi connectivity index (χ4n) is 1.41. The van der Waals surface area contributed by atoms with Crippen LogP contribution in [0.5, 0.6) is 0 Å². The van der Waals surface area contributed by atoms with Crippen LogP contribution >= 0.6 is 39.3 Å².